The zero-order valence-electron chi connectivity index (χ0n) is 6.77. The Bertz CT molecular complexity index is 85.8. The van der Waals surface area contributed by atoms with Crippen LogP contribution in [0.2, 0.25) is 0 Å². The topological polar surface area (TPSA) is 53.5 Å². The molecule has 10 heavy (non-hydrogen) atoms. The van der Waals surface area contributed by atoms with Crippen LogP contribution in [0.25, 0.3) is 0 Å². The van der Waals surface area contributed by atoms with Crippen molar-refractivity contribution in [2.24, 2.45) is 0 Å². The Morgan fingerprint density at radius 1 is 1.50 bits per heavy atom. The summed E-state index contributed by atoms with van der Waals surface area (Å²) in [7, 11) is 1.79. The molecule has 0 amide bonds. The van der Waals surface area contributed by atoms with E-state index in [-0.39, 0.29) is 12.4 Å². The van der Waals surface area contributed by atoms with Gasteiger partial charge in [0, 0.05) is 6.54 Å². The molecule has 0 aliphatic heterocycles. The van der Waals surface area contributed by atoms with Crippen molar-refractivity contribution in [3.8, 4) is 0 Å². The largest absolute Gasteiger partial charge is 0.371 e. The highest BCUT2D eigenvalue weighted by Crippen LogP contribution is 2.05. The molecule has 0 aromatic carbocycles. The van der Waals surface area contributed by atoms with Gasteiger partial charge in [0.2, 0.25) is 0 Å². The second-order valence-electron chi connectivity index (χ2n) is 2.64. The van der Waals surface area contributed by atoms with E-state index in [9.17, 15) is 0 Å². The highest BCUT2D eigenvalue weighted by molar-refractivity contribution is 4.69. The first-order valence-electron chi connectivity index (χ1n) is 3.27. The van der Waals surface area contributed by atoms with Crippen LogP contribution >= 0.6 is 0 Å². The van der Waals surface area contributed by atoms with Crippen molar-refractivity contribution >= 4 is 0 Å². The van der Waals surface area contributed by atoms with Gasteiger partial charge >= 0.3 is 0 Å². The number of ether oxygens (including phenoxy) is 1. The zero-order chi connectivity index (χ0) is 8.04. The van der Waals surface area contributed by atoms with E-state index in [2.05, 4.69) is 10.9 Å². The molecule has 0 rings (SSSR count). The van der Waals surface area contributed by atoms with Gasteiger partial charge in [0.15, 0.2) is 0 Å². The number of aliphatic hydroxyl groups is 1. The van der Waals surface area contributed by atoms with Crippen molar-refractivity contribution in [1.82, 2.24) is 10.9 Å². The lowest BCUT2D eigenvalue weighted by Gasteiger charge is -2.23. The van der Waals surface area contributed by atoms with Gasteiger partial charge in [-0.05, 0) is 20.9 Å². The van der Waals surface area contributed by atoms with E-state index in [1.807, 2.05) is 13.8 Å². The van der Waals surface area contributed by atoms with Crippen LogP contribution in [-0.2, 0) is 4.74 Å². The average Bonchev–Trinajstić information content (AvgIpc) is 1.84. The van der Waals surface area contributed by atoms with Crippen molar-refractivity contribution in [3.63, 3.8) is 0 Å². The molecule has 0 aromatic rings. The molecule has 0 heterocycles. The Hall–Kier alpha value is -0.160. The molecule has 0 aliphatic carbocycles. The van der Waals surface area contributed by atoms with Crippen molar-refractivity contribution in [2.45, 2.75) is 19.4 Å². The predicted molar refractivity (Wildman–Crippen MR) is 39.3 cm³/mol. The zero-order valence-corrected chi connectivity index (χ0v) is 6.77. The van der Waals surface area contributed by atoms with Crippen LogP contribution in [0.4, 0.5) is 0 Å². The summed E-state index contributed by atoms with van der Waals surface area (Å²) in [4.78, 5) is 0. The maximum absolute atomic E-state index is 8.43. The Kier molecular flexibility index (Phi) is 4.55. The third kappa shape index (κ3) is 4.69. The molecular formula is C6H16N2O2. The van der Waals surface area contributed by atoms with Gasteiger partial charge in [-0.25, -0.2) is 0 Å². The molecule has 4 heteroatoms. The Labute approximate surface area is 61.5 Å². The third-order valence-electron chi connectivity index (χ3n) is 1.15. The van der Waals surface area contributed by atoms with E-state index in [0.29, 0.717) is 6.54 Å². The lowest BCUT2D eigenvalue weighted by Crippen LogP contribution is -2.42. The first-order chi connectivity index (χ1) is 4.62. The van der Waals surface area contributed by atoms with E-state index in [4.69, 9.17) is 9.84 Å². The van der Waals surface area contributed by atoms with Crippen LogP contribution in [0.5, 0.6) is 0 Å². The molecule has 4 nitrogen and oxygen atoms in total. The molecule has 3 N–H and O–H groups in total. The maximum Gasteiger partial charge on any atom is 0.144 e. The first kappa shape index (κ1) is 9.84. The summed E-state index contributed by atoms with van der Waals surface area (Å²) in [5, 5.41) is 8.43. The van der Waals surface area contributed by atoms with Gasteiger partial charge in [-0.15, -0.1) is 0 Å². The van der Waals surface area contributed by atoms with Crippen LogP contribution in [-0.4, -0.2) is 31.1 Å². The normalized spacial score (nSPS) is 12.0. The monoisotopic (exact) mass is 148 g/mol. The number of rotatable bonds is 5. The lowest BCUT2D eigenvalue weighted by molar-refractivity contribution is -0.0967. The minimum atomic E-state index is -0.322. The highest BCUT2D eigenvalue weighted by Gasteiger charge is 2.16. The number of aliphatic hydroxyl groups excluding tert-OH is 1. The number of hydrogen-bond acceptors (Lipinski definition) is 4. The molecule has 0 unspecified atom stereocenters. The highest BCUT2D eigenvalue weighted by atomic mass is 16.6. The van der Waals surface area contributed by atoms with Gasteiger partial charge in [0.05, 0.1) is 5.60 Å². The summed E-state index contributed by atoms with van der Waals surface area (Å²) < 4.78 is 4.98. The predicted octanol–water partition coefficient (Wildman–Crippen LogP) is -0.545. The smallest absolute Gasteiger partial charge is 0.144 e. The Morgan fingerprint density at radius 2 is 2.10 bits per heavy atom. The quantitative estimate of drug-likeness (QED) is 0.362. The van der Waals surface area contributed by atoms with Crippen LogP contribution < -0.4 is 10.9 Å². The first-order valence-corrected chi connectivity index (χ1v) is 3.27. The molecule has 0 radical (unpaired) electrons. The van der Waals surface area contributed by atoms with Crippen LogP contribution in [0, 0.1) is 0 Å². The molecule has 0 saturated carbocycles. The van der Waals surface area contributed by atoms with Crippen molar-refractivity contribution in [2.75, 3.05) is 20.4 Å². The second-order valence-corrected chi connectivity index (χ2v) is 2.64. The molecule has 0 aromatic heterocycles. The SMILES string of the molecule is CNNCC(C)(C)OCO. The summed E-state index contributed by atoms with van der Waals surface area (Å²) in [5.41, 5.74) is 5.34. The minimum Gasteiger partial charge on any atom is -0.371 e. The van der Waals surface area contributed by atoms with E-state index in [0.717, 1.165) is 0 Å². The summed E-state index contributed by atoms with van der Waals surface area (Å²) >= 11 is 0. The molecule has 0 spiro atoms. The van der Waals surface area contributed by atoms with E-state index in [1.165, 1.54) is 0 Å². The summed E-state index contributed by atoms with van der Waals surface area (Å²) in [5.74, 6) is 0. The average molecular weight is 148 g/mol. The molecule has 0 saturated heterocycles. The molecular weight excluding hydrogens is 132 g/mol. The Morgan fingerprint density at radius 3 is 2.50 bits per heavy atom. The molecule has 0 bridgehead atoms. The van der Waals surface area contributed by atoms with E-state index in [1.54, 1.807) is 7.05 Å². The number of nitrogens with one attached hydrogen (secondary N) is 2. The second kappa shape index (κ2) is 4.62. The maximum atomic E-state index is 8.43. The molecule has 0 atom stereocenters. The van der Waals surface area contributed by atoms with Crippen LogP contribution in [0.1, 0.15) is 13.8 Å². The third-order valence-corrected chi connectivity index (χ3v) is 1.15. The lowest BCUT2D eigenvalue weighted by atomic mass is 10.1. The van der Waals surface area contributed by atoms with Crippen molar-refractivity contribution < 1.29 is 9.84 Å². The summed E-state index contributed by atoms with van der Waals surface area (Å²) in [6.45, 7) is 4.21. The van der Waals surface area contributed by atoms with Crippen LogP contribution in [0.3, 0.4) is 0 Å². The molecule has 0 fully saturated rings. The van der Waals surface area contributed by atoms with Gasteiger partial charge in [-0.1, -0.05) is 0 Å². The fourth-order valence-electron chi connectivity index (χ4n) is 0.527. The van der Waals surface area contributed by atoms with Crippen LogP contribution in [0.15, 0.2) is 0 Å². The fourth-order valence-corrected chi connectivity index (χ4v) is 0.527. The van der Waals surface area contributed by atoms with Crippen molar-refractivity contribution in [3.05, 3.63) is 0 Å². The molecule has 0 aliphatic rings. The summed E-state index contributed by atoms with van der Waals surface area (Å²) in [6.07, 6.45) is 0. The van der Waals surface area contributed by atoms with Gasteiger partial charge in [0.25, 0.3) is 0 Å². The summed E-state index contributed by atoms with van der Waals surface area (Å²) in [6, 6.07) is 0. The van der Waals surface area contributed by atoms with Gasteiger partial charge in [-0.2, -0.15) is 0 Å². The van der Waals surface area contributed by atoms with E-state index >= 15 is 0 Å². The van der Waals surface area contributed by atoms with Gasteiger partial charge < -0.3 is 9.84 Å². The minimum absolute atomic E-state index is 0.238. The number of hydrazine groups is 1. The Balaban J connectivity index is 3.42. The fraction of sp³-hybridized carbons (Fsp3) is 1.00. The van der Waals surface area contributed by atoms with Gasteiger partial charge in [0.1, 0.15) is 6.79 Å². The van der Waals surface area contributed by atoms with Crippen molar-refractivity contribution in [1.29, 1.82) is 0 Å². The molecule has 62 valence electrons. The van der Waals surface area contributed by atoms with E-state index < -0.39 is 0 Å². The standard InChI is InChI=1S/C6H16N2O2/c1-6(2,10-5-9)4-8-7-3/h7-9H,4-5H2,1-3H3. The van der Waals surface area contributed by atoms with Gasteiger partial charge in [-0.3, -0.25) is 10.9 Å². The number of hydrogen-bond donors (Lipinski definition) is 3.